The maximum atomic E-state index is 12.0. The van der Waals surface area contributed by atoms with Gasteiger partial charge in [-0.15, -0.1) is 0 Å². The predicted octanol–water partition coefficient (Wildman–Crippen LogP) is 0.794. The second-order valence-electron chi connectivity index (χ2n) is 5.56. The molecule has 1 heterocycles. The summed E-state index contributed by atoms with van der Waals surface area (Å²) >= 11 is 0. The first kappa shape index (κ1) is 13.3. The number of carbonyl (C=O) groups excluding carboxylic acids is 1. The zero-order chi connectivity index (χ0) is 13.1. The van der Waals surface area contributed by atoms with Crippen molar-refractivity contribution in [1.82, 2.24) is 9.80 Å². The average molecular weight is 254 g/mol. The summed E-state index contributed by atoms with van der Waals surface area (Å²) in [6.45, 7) is 5.38. The predicted molar refractivity (Wildman–Crippen MR) is 67.2 cm³/mol. The fourth-order valence-electron chi connectivity index (χ4n) is 2.57. The highest BCUT2D eigenvalue weighted by Gasteiger charge is 2.32. The zero-order valence-electron chi connectivity index (χ0n) is 11.0. The summed E-state index contributed by atoms with van der Waals surface area (Å²) in [5.74, 6) is -0.787. The SMILES string of the molecule is CC(CC(=O)O)CC(=O)N1CCN(C2CC2)CC1. The van der Waals surface area contributed by atoms with Crippen LogP contribution in [0.4, 0.5) is 0 Å². The molecule has 1 amide bonds. The van der Waals surface area contributed by atoms with Crippen molar-refractivity contribution in [2.24, 2.45) is 5.92 Å². The second kappa shape index (κ2) is 5.69. The first-order valence-electron chi connectivity index (χ1n) is 6.80. The zero-order valence-corrected chi connectivity index (χ0v) is 11.0. The quantitative estimate of drug-likeness (QED) is 0.788. The lowest BCUT2D eigenvalue weighted by molar-refractivity contribution is -0.139. The van der Waals surface area contributed by atoms with Crippen molar-refractivity contribution in [3.05, 3.63) is 0 Å². The fraction of sp³-hybridized carbons (Fsp3) is 0.846. The van der Waals surface area contributed by atoms with E-state index in [1.807, 2.05) is 11.8 Å². The normalized spacial score (nSPS) is 22.8. The van der Waals surface area contributed by atoms with E-state index in [4.69, 9.17) is 5.11 Å². The number of carbonyl (C=O) groups is 2. The molecule has 1 N–H and O–H groups in total. The molecule has 1 saturated carbocycles. The number of aliphatic carboxylic acids is 1. The first-order chi connectivity index (χ1) is 8.56. The van der Waals surface area contributed by atoms with E-state index in [0.29, 0.717) is 6.42 Å². The summed E-state index contributed by atoms with van der Waals surface area (Å²) in [7, 11) is 0. The maximum absolute atomic E-state index is 12.0. The van der Waals surface area contributed by atoms with Crippen molar-refractivity contribution in [2.45, 2.75) is 38.6 Å². The van der Waals surface area contributed by atoms with E-state index in [0.717, 1.165) is 32.2 Å². The third-order valence-electron chi connectivity index (χ3n) is 3.78. The molecular formula is C13H22N2O3. The Morgan fingerprint density at radius 2 is 1.78 bits per heavy atom. The van der Waals surface area contributed by atoms with Gasteiger partial charge in [-0.05, 0) is 18.8 Å². The van der Waals surface area contributed by atoms with E-state index >= 15 is 0 Å². The van der Waals surface area contributed by atoms with Crippen LogP contribution in [-0.2, 0) is 9.59 Å². The van der Waals surface area contributed by atoms with Gasteiger partial charge in [-0.1, -0.05) is 6.92 Å². The van der Waals surface area contributed by atoms with Crippen molar-refractivity contribution >= 4 is 11.9 Å². The van der Waals surface area contributed by atoms with Gasteiger partial charge >= 0.3 is 5.97 Å². The number of carboxylic acid groups (broad SMARTS) is 1. The van der Waals surface area contributed by atoms with Crippen LogP contribution in [0.2, 0.25) is 0 Å². The van der Waals surface area contributed by atoms with Crippen LogP contribution in [0.1, 0.15) is 32.6 Å². The molecule has 102 valence electrons. The van der Waals surface area contributed by atoms with Gasteiger partial charge in [0.25, 0.3) is 0 Å². The van der Waals surface area contributed by atoms with Gasteiger partial charge in [0.15, 0.2) is 0 Å². The van der Waals surface area contributed by atoms with Gasteiger partial charge in [0, 0.05) is 45.1 Å². The molecule has 18 heavy (non-hydrogen) atoms. The summed E-state index contributed by atoms with van der Waals surface area (Å²) in [5.41, 5.74) is 0. The van der Waals surface area contributed by atoms with Crippen molar-refractivity contribution < 1.29 is 14.7 Å². The lowest BCUT2D eigenvalue weighted by Gasteiger charge is -2.35. The second-order valence-corrected chi connectivity index (χ2v) is 5.56. The number of amides is 1. The highest BCUT2D eigenvalue weighted by atomic mass is 16.4. The molecule has 1 aliphatic carbocycles. The lowest BCUT2D eigenvalue weighted by Crippen LogP contribution is -2.49. The smallest absolute Gasteiger partial charge is 0.303 e. The van der Waals surface area contributed by atoms with Crippen LogP contribution in [0.15, 0.2) is 0 Å². The minimum Gasteiger partial charge on any atom is -0.481 e. The molecule has 1 aliphatic heterocycles. The lowest BCUT2D eigenvalue weighted by atomic mass is 10.0. The highest BCUT2D eigenvalue weighted by molar-refractivity contribution is 5.77. The largest absolute Gasteiger partial charge is 0.481 e. The standard InChI is InChI=1S/C13H22N2O3/c1-10(9-13(17)18)8-12(16)15-6-4-14(5-7-15)11-2-3-11/h10-11H,2-9H2,1H3,(H,17,18). The molecule has 0 radical (unpaired) electrons. The molecule has 2 aliphatic rings. The number of carboxylic acids is 1. The summed E-state index contributed by atoms with van der Waals surface area (Å²) in [5, 5.41) is 8.68. The number of rotatable bonds is 5. The fourth-order valence-corrected chi connectivity index (χ4v) is 2.57. The Kier molecular flexibility index (Phi) is 4.22. The third kappa shape index (κ3) is 3.70. The number of hydrogen-bond donors (Lipinski definition) is 1. The van der Waals surface area contributed by atoms with Gasteiger partial charge in [-0.3, -0.25) is 14.5 Å². The molecule has 0 bridgehead atoms. The molecule has 1 saturated heterocycles. The van der Waals surface area contributed by atoms with Gasteiger partial charge in [0.2, 0.25) is 5.91 Å². The van der Waals surface area contributed by atoms with Crippen molar-refractivity contribution in [1.29, 1.82) is 0 Å². The molecule has 2 fully saturated rings. The van der Waals surface area contributed by atoms with Crippen LogP contribution in [0.3, 0.4) is 0 Å². The Morgan fingerprint density at radius 1 is 1.17 bits per heavy atom. The van der Waals surface area contributed by atoms with Crippen LogP contribution in [0.5, 0.6) is 0 Å². The molecule has 1 atom stereocenters. The minimum atomic E-state index is -0.825. The summed E-state index contributed by atoms with van der Waals surface area (Å²) < 4.78 is 0. The molecule has 2 rings (SSSR count). The average Bonchev–Trinajstić information content (AvgIpc) is 3.11. The third-order valence-corrected chi connectivity index (χ3v) is 3.78. The van der Waals surface area contributed by atoms with E-state index in [2.05, 4.69) is 4.90 Å². The van der Waals surface area contributed by atoms with E-state index < -0.39 is 5.97 Å². The van der Waals surface area contributed by atoms with E-state index in [9.17, 15) is 9.59 Å². The van der Waals surface area contributed by atoms with Gasteiger partial charge in [0.05, 0.1) is 0 Å². The number of hydrogen-bond acceptors (Lipinski definition) is 3. The highest BCUT2D eigenvalue weighted by Crippen LogP contribution is 2.27. The number of piperazine rings is 1. The maximum Gasteiger partial charge on any atom is 0.303 e. The number of nitrogens with zero attached hydrogens (tertiary/aromatic N) is 2. The molecule has 5 heteroatoms. The minimum absolute atomic E-state index is 0.0727. The first-order valence-corrected chi connectivity index (χ1v) is 6.80. The van der Waals surface area contributed by atoms with Crippen LogP contribution in [-0.4, -0.2) is 59.0 Å². The molecular weight excluding hydrogens is 232 g/mol. The van der Waals surface area contributed by atoms with Gasteiger partial charge in [0.1, 0.15) is 0 Å². The Morgan fingerprint density at radius 3 is 2.28 bits per heavy atom. The van der Waals surface area contributed by atoms with Crippen molar-refractivity contribution in [3.8, 4) is 0 Å². The Hall–Kier alpha value is -1.10. The van der Waals surface area contributed by atoms with Crippen molar-refractivity contribution in [3.63, 3.8) is 0 Å². The molecule has 0 spiro atoms. The van der Waals surface area contributed by atoms with Crippen LogP contribution >= 0.6 is 0 Å². The van der Waals surface area contributed by atoms with E-state index in [1.165, 1.54) is 12.8 Å². The Labute approximate surface area is 108 Å². The summed E-state index contributed by atoms with van der Waals surface area (Å²) in [6, 6.07) is 0.771. The molecule has 0 aromatic rings. The molecule has 5 nitrogen and oxygen atoms in total. The van der Waals surface area contributed by atoms with Gasteiger partial charge in [-0.25, -0.2) is 0 Å². The topological polar surface area (TPSA) is 60.9 Å². The van der Waals surface area contributed by atoms with Crippen molar-refractivity contribution in [2.75, 3.05) is 26.2 Å². The summed E-state index contributed by atoms with van der Waals surface area (Å²) in [4.78, 5) is 26.9. The summed E-state index contributed by atoms with van der Waals surface area (Å²) in [6.07, 6.45) is 3.05. The molecule has 0 aromatic heterocycles. The van der Waals surface area contributed by atoms with Gasteiger partial charge in [-0.2, -0.15) is 0 Å². The molecule has 1 unspecified atom stereocenters. The van der Waals surface area contributed by atoms with E-state index in [-0.39, 0.29) is 18.2 Å². The van der Waals surface area contributed by atoms with Crippen LogP contribution in [0, 0.1) is 5.92 Å². The van der Waals surface area contributed by atoms with Crippen LogP contribution in [0.25, 0.3) is 0 Å². The van der Waals surface area contributed by atoms with E-state index in [1.54, 1.807) is 0 Å². The monoisotopic (exact) mass is 254 g/mol. The van der Waals surface area contributed by atoms with Crippen LogP contribution < -0.4 is 0 Å². The van der Waals surface area contributed by atoms with Gasteiger partial charge < -0.3 is 10.0 Å². The Balaban J connectivity index is 1.71. The Bertz CT molecular complexity index is 320. The molecule has 0 aromatic carbocycles.